The number of sulfonamides is 1. The number of para-hydroxylation sites is 1. The van der Waals surface area contributed by atoms with E-state index in [-0.39, 0.29) is 23.9 Å². The zero-order chi connectivity index (χ0) is 20.9. The molecule has 0 saturated heterocycles. The highest BCUT2D eigenvalue weighted by Gasteiger charge is 2.27. The van der Waals surface area contributed by atoms with Gasteiger partial charge in [-0.25, -0.2) is 8.42 Å². The Morgan fingerprint density at radius 1 is 0.862 bits per heavy atom. The highest BCUT2D eigenvalue weighted by atomic mass is 32.2. The number of rotatable bonds is 7. The quantitative estimate of drug-likeness (QED) is 0.639. The zero-order valence-electron chi connectivity index (χ0n) is 16.5. The van der Waals surface area contributed by atoms with E-state index < -0.39 is 10.0 Å². The van der Waals surface area contributed by atoms with E-state index in [1.54, 1.807) is 30.3 Å². The molecule has 0 aliphatic heterocycles. The molecule has 0 radical (unpaired) electrons. The summed E-state index contributed by atoms with van der Waals surface area (Å²) in [5, 5.41) is 2.81. The van der Waals surface area contributed by atoms with Gasteiger partial charge in [0.2, 0.25) is 15.9 Å². The molecular weight excluding hydrogens is 384 g/mol. The maximum absolute atomic E-state index is 13.2. The third-order valence-corrected chi connectivity index (χ3v) is 6.41. The second-order valence-corrected chi connectivity index (χ2v) is 8.87. The van der Waals surface area contributed by atoms with Gasteiger partial charge in [-0.05, 0) is 43.2 Å². The van der Waals surface area contributed by atoms with Gasteiger partial charge in [0.05, 0.1) is 11.4 Å². The molecule has 0 spiro atoms. The second kappa shape index (κ2) is 9.03. The number of nitrogens with zero attached hydrogens (tertiary/aromatic N) is 1. The maximum Gasteiger partial charge on any atom is 0.243 e. The first-order valence-electron chi connectivity index (χ1n) is 9.32. The highest BCUT2D eigenvalue weighted by Crippen LogP contribution is 2.20. The topological polar surface area (TPSA) is 66.5 Å². The minimum absolute atomic E-state index is 0.109. The van der Waals surface area contributed by atoms with E-state index in [0.717, 1.165) is 16.7 Å². The van der Waals surface area contributed by atoms with E-state index in [4.69, 9.17) is 0 Å². The molecule has 29 heavy (non-hydrogen) atoms. The van der Waals surface area contributed by atoms with E-state index in [1.807, 2.05) is 62.4 Å². The first-order valence-corrected chi connectivity index (χ1v) is 10.8. The van der Waals surface area contributed by atoms with Gasteiger partial charge < -0.3 is 5.32 Å². The van der Waals surface area contributed by atoms with Crippen molar-refractivity contribution in [3.8, 4) is 0 Å². The molecule has 150 valence electrons. The van der Waals surface area contributed by atoms with Gasteiger partial charge in [0.1, 0.15) is 0 Å². The Morgan fingerprint density at radius 2 is 1.48 bits per heavy atom. The van der Waals surface area contributed by atoms with Gasteiger partial charge in [-0.15, -0.1) is 0 Å². The molecule has 3 aromatic rings. The Kier molecular flexibility index (Phi) is 6.46. The fraction of sp³-hybridized carbons (Fsp3) is 0.174. The average molecular weight is 409 g/mol. The molecule has 0 saturated carbocycles. The summed E-state index contributed by atoms with van der Waals surface area (Å²) in [7, 11) is -3.84. The molecule has 6 heteroatoms. The number of aryl methyl sites for hydroxylation is 2. The van der Waals surface area contributed by atoms with E-state index in [2.05, 4.69) is 5.32 Å². The highest BCUT2D eigenvalue weighted by molar-refractivity contribution is 7.89. The third-order valence-electron chi connectivity index (χ3n) is 4.60. The SMILES string of the molecule is Cc1ccc(S(=O)(=O)N(CC(=O)Nc2ccccc2C)Cc2ccccc2)cc1. The number of carbonyl (C=O) groups excluding carboxylic acids is 1. The summed E-state index contributed by atoms with van der Waals surface area (Å²) in [6, 6.07) is 23.3. The van der Waals surface area contributed by atoms with Crippen LogP contribution in [0.1, 0.15) is 16.7 Å². The predicted molar refractivity (Wildman–Crippen MR) is 115 cm³/mol. The molecule has 3 aromatic carbocycles. The van der Waals surface area contributed by atoms with Gasteiger partial charge in [-0.3, -0.25) is 4.79 Å². The van der Waals surface area contributed by atoms with Gasteiger partial charge >= 0.3 is 0 Å². The molecule has 5 nitrogen and oxygen atoms in total. The average Bonchev–Trinajstić information content (AvgIpc) is 2.70. The maximum atomic E-state index is 13.2. The van der Waals surface area contributed by atoms with Crippen molar-refractivity contribution in [3.05, 3.63) is 95.6 Å². The summed E-state index contributed by atoms with van der Waals surface area (Å²) in [6.07, 6.45) is 0. The Labute approximate surface area is 172 Å². The van der Waals surface area contributed by atoms with Crippen molar-refractivity contribution in [2.75, 3.05) is 11.9 Å². The number of amides is 1. The number of carbonyl (C=O) groups is 1. The summed E-state index contributed by atoms with van der Waals surface area (Å²) in [5.41, 5.74) is 3.37. The molecule has 0 atom stereocenters. The van der Waals surface area contributed by atoms with Crippen molar-refractivity contribution < 1.29 is 13.2 Å². The minimum atomic E-state index is -3.84. The summed E-state index contributed by atoms with van der Waals surface area (Å²) < 4.78 is 27.7. The lowest BCUT2D eigenvalue weighted by molar-refractivity contribution is -0.116. The number of anilines is 1. The van der Waals surface area contributed by atoms with Crippen LogP contribution in [0.4, 0.5) is 5.69 Å². The van der Waals surface area contributed by atoms with E-state index >= 15 is 0 Å². The number of hydrogen-bond donors (Lipinski definition) is 1. The van der Waals surface area contributed by atoms with Crippen LogP contribution in [0.3, 0.4) is 0 Å². The lowest BCUT2D eigenvalue weighted by Crippen LogP contribution is -2.37. The van der Waals surface area contributed by atoms with E-state index in [1.165, 1.54) is 4.31 Å². The van der Waals surface area contributed by atoms with Crippen LogP contribution in [0.5, 0.6) is 0 Å². The number of nitrogens with one attached hydrogen (secondary N) is 1. The summed E-state index contributed by atoms with van der Waals surface area (Å²) in [4.78, 5) is 12.8. The summed E-state index contributed by atoms with van der Waals surface area (Å²) in [6.45, 7) is 3.62. The van der Waals surface area contributed by atoms with Crippen molar-refractivity contribution in [2.45, 2.75) is 25.3 Å². The Bertz CT molecular complexity index is 1080. The van der Waals surface area contributed by atoms with Crippen LogP contribution in [0.25, 0.3) is 0 Å². The van der Waals surface area contributed by atoms with Crippen LogP contribution in [0, 0.1) is 13.8 Å². The molecule has 0 aliphatic rings. The molecule has 0 aromatic heterocycles. The first kappa shape index (κ1) is 20.8. The van der Waals surface area contributed by atoms with Gasteiger partial charge in [-0.2, -0.15) is 4.31 Å². The van der Waals surface area contributed by atoms with Crippen LogP contribution in [-0.2, 0) is 21.4 Å². The molecule has 1 amide bonds. The number of hydrogen-bond acceptors (Lipinski definition) is 3. The van der Waals surface area contributed by atoms with Gasteiger partial charge in [0.25, 0.3) is 0 Å². The molecule has 0 aliphatic carbocycles. The molecule has 0 bridgehead atoms. The van der Waals surface area contributed by atoms with Gasteiger partial charge in [-0.1, -0.05) is 66.2 Å². The Morgan fingerprint density at radius 3 is 2.14 bits per heavy atom. The van der Waals surface area contributed by atoms with Crippen molar-refractivity contribution in [2.24, 2.45) is 0 Å². The predicted octanol–water partition coefficient (Wildman–Crippen LogP) is 4.13. The Balaban J connectivity index is 1.87. The van der Waals surface area contributed by atoms with Crippen LogP contribution in [0.15, 0.2) is 83.8 Å². The fourth-order valence-electron chi connectivity index (χ4n) is 2.94. The standard InChI is InChI=1S/C23H24N2O3S/c1-18-12-14-21(15-13-18)29(27,28)25(16-20-9-4-3-5-10-20)17-23(26)24-22-11-7-6-8-19(22)2/h3-15H,16-17H2,1-2H3,(H,24,26). The largest absolute Gasteiger partial charge is 0.325 e. The molecule has 0 heterocycles. The number of benzene rings is 3. The molecule has 0 fully saturated rings. The van der Waals surface area contributed by atoms with Crippen molar-refractivity contribution in [3.63, 3.8) is 0 Å². The monoisotopic (exact) mass is 408 g/mol. The van der Waals surface area contributed by atoms with Gasteiger partial charge in [0, 0.05) is 12.2 Å². The third kappa shape index (κ3) is 5.31. The van der Waals surface area contributed by atoms with Crippen LogP contribution in [-0.4, -0.2) is 25.2 Å². The zero-order valence-corrected chi connectivity index (χ0v) is 17.3. The van der Waals surface area contributed by atoms with Crippen molar-refractivity contribution in [1.82, 2.24) is 4.31 Å². The molecular formula is C23H24N2O3S. The molecule has 1 N–H and O–H groups in total. The molecule has 0 unspecified atom stereocenters. The first-order chi connectivity index (χ1) is 13.9. The van der Waals surface area contributed by atoms with E-state index in [9.17, 15) is 13.2 Å². The lowest BCUT2D eigenvalue weighted by Gasteiger charge is -2.22. The molecule has 3 rings (SSSR count). The Hall–Kier alpha value is -2.96. The summed E-state index contributed by atoms with van der Waals surface area (Å²) in [5.74, 6) is -0.383. The van der Waals surface area contributed by atoms with Gasteiger partial charge in [0.15, 0.2) is 0 Å². The summed E-state index contributed by atoms with van der Waals surface area (Å²) >= 11 is 0. The van der Waals surface area contributed by atoms with Crippen LogP contribution >= 0.6 is 0 Å². The fourth-order valence-corrected chi connectivity index (χ4v) is 4.32. The lowest BCUT2D eigenvalue weighted by atomic mass is 10.2. The normalized spacial score (nSPS) is 11.4. The van der Waals surface area contributed by atoms with Crippen LogP contribution < -0.4 is 5.32 Å². The van der Waals surface area contributed by atoms with Crippen molar-refractivity contribution >= 4 is 21.6 Å². The smallest absolute Gasteiger partial charge is 0.243 e. The second-order valence-electron chi connectivity index (χ2n) is 6.93. The van der Waals surface area contributed by atoms with E-state index in [0.29, 0.717) is 5.69 Å². The van der Waals surface area contributed by atoms with Crippen LogP contribution in [0.2, 0.25) is 0 Å². The minimum Gasteiger partial charge on any atom is -0.325 e. The van der Waals surface area contributed by atoms with Crippen molar-refractivity contribution in [1.29, 1.82) is 0 Å².